The van der Waals surface area contributed by atoms with Crippen molar-refractivity contribution < 1.29 is 18.3 Å². The summed E-state index contributed by atoms with van der Waals surface area (Å²) in [6.07, 6.45) is -1.03. The lowest BCUT2D eigenvalue weighted by Crippen LogP contribution is -2.24. The van der Waals surface area contributed by atoms with Crippen molar-refractivity contribution in [3.8, 4) is 0 Å². The Kier molecular flexibility index (Phi) is 3.13. The highest BCUT2D eigenvalue weighted by Crippen LogP contribution is 2.21. The van der Waals surface area contributed by atoms with Crippen molar-refractivity contribution >= 4 is 0 Å². The summed E-state index contributed by atoms with van der Waals surface area (Å²) in [5, 5.41) is 9.05. The van der Waals surface area contributed by atoms with Crippen molar-refractivity contribution in [1.29, 1.82) is 0 Å². The molecule has 1 aromatic rings. The average Bonchev–Trinajstić information content (AvgIpc) is 2.13. The van der Waals surface area contributed by atoms with Gasteiger partial charge >= 0.3 is 0 Å². The molecule has 0 amide bonds. The fourth-order valence-corrected chi connectivity index (χ4v) is 1.06. The molecule has 0 bridgehead atoms. The Hall–Kier alpha value is -1.07. The second-order valence-corrected chi connectivity index (χ2v) is 3.03. The monoisotopic (exact) mass is 205 g/mol. The maximum Gasteiger partial charge on any atom is 0.194 e. The van der Waals surface area contributed by atoms with Crippen molar-refractivity contribution in [2.45, 2.75) is 19.1 Å². The lowest BCUT2D eigenvalue weighted by Gasteiger charge is -2.15. The molecule has 5 heteroatoms. The molecule has 0 saturated carbocycles. The molecule has 3 N–H and O–H groups in total. The van der Waals surface area contributed by atoms with E-state index in [0.29, 0.717) is 0 Å². The van der Waals surface area contributed by atoms with Crippen molar-refractivity contribution in [3.05, 3.63) is 35.1 Å². The van der Waals surface area contributed by atoms with Gasteiger partial charge in [-0.15, -0.1) is 0 Å². The number of halogens is 3. The van der Waals surface area contributed by atoms with Crippen LogP contribution in [0.25, 0.3) is 0 Å². The fourth-order valence-electron chi connectivity index (χ4n) is 1.06. The first-order valence-electron chi connectivity index (χ1n) is 4.02. The molecular formula is C9H10F3NO. The Balaban J connectivity index is 3.17. The first-order chi connectivity index (χ1) is 6.45. The molecule has 14 heavy (non-hydrogen) atoms. The van der Waals surface area contributed by atoms with Gasteiger partial charge in [0.25, 0.3) is 0 Å². The Labute approximate surface area is 79.2 Å². The smallest absolute Gasteiger partial charge is 0.194 e. The van der Waals surface area contributed by atoms with Gasteiger partial charge in [0.2, 0.25) is 0 Å². The highest BCUT2D eigenvalue weighted by molar-refractivity contribution is 5.24. The van der Waals surface area contributed by atoms with Gasteiger partial charge in [0.15, 0.2) is 17.5 Å². The molecule has 1 rings (SSSR count). The summed E-state index contributed by atoms with van der Waals surface area (Å²) in [4.78, 5) is 0. The number of hydrogen-bond donors (Lipinski definition) is 2. The highest BCUT2D eigenvalue weighted by Gasteiger charge is 2.20. The number of rotatable bonds is 2. The molecule has 0 radical (unpaired) electrons. The van der Waals surface area contributed by atoms with Crippen LogP contribution in [0.2, 0.25) is 0 Å². The van der Waals surface area contributed by atoms with Crippen LogP contribution in [0.5, 0.6) is 0 Å². The first-order valence-corrected chi connectivity index (χ1v) is 4.02. The van der Waals surface area contributed by atoms with E-state index < -0.39 is 29.6 Å². The van der Waals surface area contributed by atoms with Crippen molar-refractivity contribution in [2.75, 3.05) is 0 Å². The highest BCUT2D eigenvalue weighted by atomic mass is 19.2. The Morgan fingerprint density at radius 2 is 1.79 bits per heavy atom. The minimum absolute atomic E-state index is 0.237. The second kappa shape index (κ2) is 3.98. The van der Waals surface area contributed by atoms with Gasteiger partial charge in [0, 0.05) is 5.56 Å². The average molecular weight is 205 g/mol. The normalized spacial score (nSPS) is 15.3. The standard InChI is InChI=1S/C9H10F3NO/c1-4(14)9(13)5-2-3-6(10)8(12)7(5)11/h2-4,9,14H,13H2,1H3/t4-,9+/m1/s1. The third-order valence-electron chi connectivity index (χ3n) is 1.94. The van der Waals surface area contributed by atoms with Crippen LogP contribution in [0.4, 0.5) is 13.2 Å². The van der Waals surface area contributed by atoms with Crippen molar-refractivity contribution in [3.63, 3.8) is 0 Å². The molecule has 0 heterocycles. The van der Waals surface area contributed by atoms with E-state index in [1.807, 2.05) is 0 Å². The van der Waals surface area contributed by atoms with Gasteiger partial charge in [-0.05, 0) is 13.0 Å². The zero-order valence-electron chi connectivity index (χ0n) is 7.47. The third-order valence-corrected chi connectivity index (χ3v) is 1.94. The molecule has 0 unspecified atom stereocenters. The Bertz CT molecular complexity index is 341. The van der Waals surface area contributed by atoms with Crippen molar-refractivity contribution in [2.24, 2.45) is 5.73 Å². The lowest BCUT2D eigenvalue weighted by atomic mass is 10.0. The van der Waals surface area contributed by atoms with Crippen molar-refractivity contribution in [1.82, 2.24) is 0 Å². The van der Waals surface area contributed by atoms with Crippen LogP contribution in [-0.2, 0) is 0 Å². The first kappa shape index (κ1) is 11.0. The molecule has 2 atom stereocenters. The van der Waals surface area contributed by atoms with E-state index in [9.17, 15) is 13.2 Å². The number of aliphatic hydroxyl groups is 1. The van der Waals surface area contributed by atoms with E-state index in [1.165, 1.54) is 6.92 Å². The summed E-state index contributed by atoms with van der Waals surface area (Å²) in [5.74, 6) is -4.19. The minimum Gasteiger partial charge on any atom is -0.391 e. The summed E-state index contributed by atoms with van der Waals surface area (Å²) >= 11 is 0. The van der Waals surface area contributed by atoms with Gasteiger partial charge < -0.3 is 10.8 Å². The number of nitrogens with two attached hydrogens (primary N) is 1. The van der Waals surface area contributed by atoms with Gasteiger partial charge in [-0.3, -0.25) is 0 Å². The minimum atomic E-state index is -1.57. The van der Waals surface area contributed by atoms with Gasteiger partial charge in [0.05, 0.1) is 12.1 Å². The third kappa shape index (κ3) is 1.88. The molecule has 0 aromatic heterocycles. The molecule has 0 aliphatic rings. The summed E-state index contributed by atoms with van der Waals surface area (Å²) < 4.78 is 38.3. The van der Waals surface area contributed by atoms with E-state index in [1.54, 1.807) is 0 Å². The van der Waals surface area contributed by atoms with Crippen LogP contribution < -0.4 is 5.73 Å². The van der Waals surface area contributed by atoms with E-state index in [4.69, 9.17) is 10.8 Å². The summed E-state index contributed by atoms with van der Waals surface area (Å²) in [6, 6.07) is 0.728. The van der Waals surface area contributed by atoms with Gasteiger partial charge in [-0.2, -0.15) is 0 Å². The molecule has 78 valence electrons. The quantitative estimate of drug-likeness (QED) is 0.718. The van der Waals surface area contributed by atoms with Crippen LogP contribution in [0.1, 0.15) is 18.5 Å². The topological polar surface area (TPSA) is 46.2 Å². The number of benzene rings is 1. The molecule has 0 aliphatic heterocycles. The number of hydrogen-bond acceptors (Lipinski definition) is 2. The SMILES string of the molecule is C[C@@H](O)[C@H](N)c1ccc(F)c(F)c1F. The van der Waals surface area contributed by atoms with Crippen LogP contribution in [-0.4, -0.2) is 11.2 Å². The van der Waals surface area contributed by atoms with Crippen LogP contribution >= 0.6 is 0 Å². The fraction of sp³-hybridized carbons (Fsp3) is 0.333. The van der Waals surface area contributed by atoms with Gasteiger partial charge in [-0.25, -0.2) is 13.2 Å². The molecule has 0 saturated heterocycles. The second-order valence-electron chi connectivity index (χ2n) is 3.03. The Morgan fingerprint density at radius 1 is 1.21 bits per heavy atom. The zero-order chi connectivity index (χ0) is 10.9. The van der Waals surface area contributed by atoms with E-state index in [-0.39, 0.29) is 5.56 Å². The van der Waals surface area contributed by atoms with Gasteiger partial charge in [-0.1, -0.05) is 6.07 Å². The van der Waals surface area contributed by atoms with Crippen LogP contribution in [0.15, 0.2) is 12.1 Å². The molecule has 0 spiro atoms. The summed E-state index contributed by atoms with van der Waals surface area (Å²) in [5.41, 5.74) is 5.14. The summed E-state index contributed by atoms with van der Waals surface area (Å²) in [7, 11) is 0. The molecule has 0 aliphatic carbocycles. The predicted molar refractivity (Wildman–Crippen MR) is 44.9 cm³/mol. The van der Waals surface area contributed by atoms with E-state index in [2.05, 4.69) is 0 Å². The van der Waals surface area contributed by atoms with E-state index >= 15 is 0 Å². The van der Waals surface area contributed by atoms with Crippen LogP contribution in [0.3, 0.4) is 0 Å². The molecule has 0 fully saturated rings. The maximum absolute atomic E-state index is 13.1. The zero-order valence-corrected chi connectivity index (χ0v) is 7.47. The van der Waals surface area contributed by atoms with Gasteiger partial charge in [0.1, 0.15) is 0 Å². The Morgan fingerprint density at radius 3 is 2.29 bits per heavy atom. The largest absolute Gasteiger partial charge is 0.391 e. The molecular weight excluding hydrogens is 195 g/mol. The summed E-state index contributed by atoms with van der Waals surface area (Å²) in [6.45, 7) is 1.34. The van der Waals surface area contributed by atoms with Crippen LogP contribution in [0, 0.1) is 17.5 Å². The lowest BCUT2D eigenvalue weighted by molar-refractivity contribution is 0.162. The maximum atomic E-state index is 13.1. The number of aliphatic hydroxyl groups excluding tert-OH is 1. The van der Waals surface area contributed by atoms with E-state index in [0.717, 1.165) is 12.1 Å². The molecule has 2 nitrogen and oxygen atoms in total. The molecule has 1 aromatic carbocycles. The predicted octanol–water partition coefficient (Wildman–Crippen LogP) is 1.48.